The van der Waals surface area contributed by atoms with Crippen molar-refractivity contribution < 1.29 is 29.3 Å². The molecule has 0 bridgehead atoms. The Bertz CT molecular complexity index is 1430. The van der Waals surface area contributed by atoms with E-state index in [1.54, 1.807) is 23.1 Å². The van der Waals surface area contributed by atoms with E-state index < -0.39 is 23.2 Å². The molecule has 1 saturated heterocycles. The summed E-state index contributed by atoms with van der Waals surface area (Å²) < 4.78 is 12.9. The zero-order chi connectivity index (χ0) is 29.4. The third kappa shape index (κ3) is 5.54. The average molecular weight is 563 g/mol. The summed E-state index contributed by atoms with van der Waals surface area (Å²) in [6.07, 6.45) is 6.40. The van der Waals surface area contributed by atoms with Crippen LogP contribution in [0.2, 0.25) is 0 Å². The van der Waals surface area contributed by atoms with Gasteiger partial charge in [0.15, 0.2) is 0 Å². The number of para-hydroxylation sites is 1. The second-order valence-electron chi connectivity index (χ2n) is 12.5. The number of phenols is 1. The van der Waals surface area contributed by atoms with Crippen LogP contribution >= 0.6 is 0 Å². The van der Waals surface area contributed by atoms with E-state index in [9.17, 15) is 19.8 Å². The van der Waals surface area contributed by atoms with Gasteiger partial charge < -0.3 is 24.3 Å². The number of phenolic OH excluding ortho intramolecular Hbond substituents is 1. The summed E-state index contributed by atoms with van der Waals surface area (Å²) in [6.45, 7) is 6.01. The lowest BCUT2D eigenvalue weighted by molar-refractivity contribution is -0.00881. The number of methoxy groups -OCH3 is 1. The summed E-state index contributed by atoms with van der Waals surface area (Å²) >= 11 is 0. The van der Waals surface area contributed by atoms with Crippen molar-refractivity contribution in [1.82, 2.24) is 9.47 Å². The first kappa shape index (κ1) is 29.0. The van der Waals surface area contributed by atoms with Gasteiger partial charge in [0.2, 0.25) is 0 Å². The number of nitrogens with zero attached hydrogens (tertiary/aromatic N) is 2. The number of ether oxygens (including phenoxy) is 2. The molecule has 1 aliphatic heterocycles. The molecule has 1 atom stereocenters. The minimum absolute atomic E-state index is 0.162. The molecule has 0 spiro atoms. The van der Waals surface area contributed by atoms with Crippen LogP contribution in [0.25, 0.3) is 22.2 Å². The van der Waals surface area contributed by atoms with Gasteiger partial charge >= 0.3 is 12.1 Å². The fourth-order valence-electron chi connectivity index (χ4n) is 6.77. The summed E-state index contributed by atoms with van der Waals surface area (Å²) in [5.74, 6) is 0.00747. The first-order valence-electron chi connectivity index (χ1n) is 14.7. The largest absolute Gasteiger partial charge is 0.507 e. The van der Waals surface area contributed by atoms with Gasteiger partial charge in [-0.25, -0.2) is 9.59 Å². The predicted octanol–water partition coefficient (Wildman–Crippen LogP) is 6.61. The lowest BCUT2D eigenvalue weighted by Gasteiger charge is -2.39. The summed E-state index contributed by atoms with van der Waals surface area (Å²) in [5.41, 5.74) is 2.36. The van der Waals surface area contributed by atoms with Crippen molar-refractivity contribution in [3.63, 3.8) is 0 Å². The van der Waals surface area contributed by atoms with E-state index in [0.717, 1.165) is 54.3 Å². The quantitative estimate of drug-likeness (QED) is 0.328. The van der Waals surface area contributed by atoms with Crippen LogP contribution < -0.4 is 0 Å². The van der Waals surface area contributed by atoms with Crippen LogP contribution in [0.15, 0.2) is 42.5 Å². The number of likely N-dealkylation sites (tertiary alicyclic amines) is 1. The Morgan fingerprint density at radius 3 is 2.44 bits per heavy atom. The lowest BCUT2D eigenvalue weighted by Crippen LogP contribution is -2.54. The lowest BCUT2D eigenvalue weighted by atomic mass is 9.81. The van der Waals surface area contributed by atoms with Gasteiger partial charge in [-0.05, 0) is 82.2 Å². The van der Waals surface area contributed by atoms with Gasteiger partial charge in [-0.2, -0.15) is 0 Å². The van der Waals surface area contributed by atoms with Crippen molar-refractivity contribution in [2.24, 2.45) is 0 Å². The van der Waals surface area contributed by atoms with Gasteiger partial charge in [0, 0.05) is 29.6 Å². The Hall–Kier alpha value is -3.52. The summed E-state index contributed by atoms with van der Waals surface area (Å²) in [6, 6.07) is 12.9. The van der Waals surface area contributed by atoms with Gasteiger partial charge in [-0.3, -0.25) is 4.90 Å². The van der Waals surface area contributed by atoms with Crippen LogP contribution in [0.4, 0.5) is 4.79 Å². The molecular weight excluding hydrogens is 520 g/mol. The number of benzene rings is 2. The molecule has 1 saturated carbocycles. The molecule has 1 amide bonds. The number of aromatic hydroxyl groups is 1. The minimum Gasteiger partial charge on any atom is -0.507 e. The third-order valence-corrected chi connectivity index (χ3v) is 8.65. The maximum atomic E-state index is 13.4. The number of hydrogen-bond acceptors (Lipinski definition) is 6. The highest BCUT2D eigenvalue weighted by atomic mass is 16.6. The Morgan fingerprint density at radius 2 is 1.78 bits per heavy atom. The number of aromatic nitrogens is 1. The molecule has 1 aliphatic carbocycles. The maximum absolute atomic E-state index is 13.4. The number of aliphatic hydroxyl groups is 1. The second kappa shape index (κ2) is 11.4. The number of hydrogen-bond donors (Lipinski definition) is 2. The summed E-state index contributed by atoms with van der Waals surface area (Å²) in [7, 11) is 1.37. The van der Waals surface area contributed by atoms with E-state index in [-0.39, 0.29) is 24.8 Å². The van der Waals surface area contributed by atoms with Crippen LogP contribution in [0.3, 0.4) is 0 Å². The molecule has 3 aromatic rings. The molecule has 2 N–H and O–H groups in total. The van der Waals surface area contributed by atoms with Crippen molar-refractivity contribution in [3.05, 3.63) is 53.6 Å². The molecular formula is C33H42N2O6. The van der Waals surface area contributed by atoms with Crippen LogP contribution in [0.1, 0.15) is 87.6 Å². The normalized spacial score (nSPS) is 20.0. The standard InChI is InChI=1S/C33H42N2O6/c1-32(2,3)41-31(39)35-18-10-17-33(35,21-36)20-34-26-19-23(30(38)40-4)15-16-24(26)28(22-11-6-5-7-12-22)29(34)25-13-8-9-14-27(25)37/h8-9,13-16,19,22,36-37H,5-7,10-12,17-18,20-21H2,1-4H3/t33-/m1/s1. The molecule has 2 aromatic carbocycles. The number of fused-ring (bicyclic) bond motifs is 1. The molecule has 8 heteroatoms. The van der Waals surface area contributed by atoms with Gasteiger partial charge in [-0.15, -0.1) is 0 Å². The number of carbonyl (C=O) groups is 2. The van der Waals surface area contributed by atoms with Crippen LogP contribution in [0, 0.1) is 0 Å². The predicted molar refractivity (Wildman–Crippen MR) is 158 cm³/mol. The Kier molecular flexibility index (Phi) is 8.06. The third-order valence-electron chi connectivity index (χ3n) is 8.65. The maximum Gasteiger partial charge on any atom is 0.410 e. The highest BCUT2D eigenvalue weighted by Crippen LogP contribution is 2.47. The zero-order valence-corrected chi connectivity index (χ0v) is 24.6. The van der Waals surface area contributed by atoms with Gasteiger partial charge in [-0.1, -0.05) is 37.5 Å². The van der Waals surface area contributed by atoms with E-state index in [2.05, 4.69) is 4.57 Å². The Morgan fingerprint density at radius 1 is 1.05 bits per heavy atom. The molecule has 2 heterocycles. The molecule has 2 aliphatic rings. The minimum atomic E-state index is -0.918. The highest BCUT2D eigenvalue weighted by Gasteiger charge is 2.46. The zero-order valence-electron chi connectivity index (χ0n) is 24.6. The van der Waals surface area contributed by atoms with Crippen molar-refractivity contribution in [3.8, 4) is 17.0 Å². The van der Waals surface area contributed by atoms with Crippen molar-refractivity contribution in [1.29, 1.82) is 0 Å². The number of esters is 1. The van der Waals surface area contributed by atoms with E-state index in [1.807, 2.05) is 45.0 Å². The number of rotatable bonds is 6. The second-order valence-corrected chi connectivity index (χ2v) is 12.5. The van der Waals surface area contributed by atoms with E-state index in [4.69, 9.17) is 9.47 Å². The topological polar surface area (TPSA) is 101 Å². The van der Waals surface area contributed by atoms with E-state index in [0.29, 0.717) is 24.1 Å². The Labute approximate surface area is 241 Å². The van der Waals surface area contributed by atoms with Crippen molar-refractivity contribution in [2.75, 3.05) is 20.3 Å². The fourth-order valence-corrected chi connectivity index (χ4v) is 6.77. The Balaban J connectivity index is 1.76. The van der Waals surface area contributed by atoms with E-state index in [1.165, 1.54) is 13.5 Å². The molecule has 0 unspecified atom stereocenters. The van der Waals surface area contributed by atoms with Crippen molar-refractivity contribution >= 4 is 23.0 Å². The summed E-state index contributed by atoms with van der Waals surface area (Å²) in [5, 5.41) is 23.1. The monoisotopic (exact) mass is 562 g/mol. The van der Waals surface area contributed by atoms with E-state index >= 15 is 0 Å². The molecule has 2 fully saturated rings. The van der Waals surface area contributed by atoms with Gasteiger partial charge in [0.1, 0.15) is 11.4 Å². The average Bonchev–Trinajstić information content (AvgIpc) is 3.52. The fraction of sp³-hybridized carbons (Fsp3) is 0.515. The SMILES string of the molecule is COC(=O)c1ccc2c(C3CCCCC3)c(-c3ccccc3O)n(C[C@@]3(CO)CCCN3C(=O)OC(C)(C)C)c2c1. The highest BCUT2D eigenvalue weighted by molar-refractivity contribution is 5.99. The van der Waals surface area contributed by atoms with Gasteiger partial charge in [0.25, 0.3) is 0 Å². The van der Waals surface area contributed by atoms with Gasteiger partial charge in [0.05, 0.1) is 30.5 Å². The number of amides is 1. The number of carbonyl (C=O) groups excluding carboxylic acids is 2. The summed E-state index contributed by atoms with van der Waals surface area (Å²) in [4.78, 5) is 27.7. The van der Waals surface area contributed by atoms with Crippen LogP contribution in [-0.2, 0) is 16.0 Å². The molecule has 1 aromatic heterocycles. The van der Waals surface area contributed by atoms with Crippen LogP contribution in [0.5, 0.6) is 5.75 Å². The van der Waals surface area contributed by atoms with Crippen molar-refractivity contribution in [2.45, 2.75) is 89.3 Å². The first-order valence-corrected chi connectivity index (χ1v) is 14.7. The molecule has 41 heavy (non-hydrogen) atoms. The molecule has 5 rings (SSSR count). The smallest absolute Gasteiger partial charge is 0.410 e. The molecule has 220 valence electrons. The number of aliphatic hydroxyl groups excluding tert-OH is 1. The van der Waals surface area contributed by atoms with Crippen LogP contribution in [-0.4, -0.2) is 63.1 Å². The first-order chi connectivity index (χ1) is 19.6. The molecule has 8 nitrogen and oxygen atoms in total. The molecule has 0 radical (unpaired) electrons.